The van der Waals surface area contributed by atoms with Crippen LogP contribution in [-0.2, 0) is 9.59 Å². The lowest BCUT2D eigenvalue weighted by Crippen LogP contribution is -2.45. The number of hydrogen-bond donors (Lipinski definition) is 2. The Hall–Kier alpha value is -2.31. The number of piperidine rings is 1. The number of benzene rings is 2. The van der Waals surface area contributed by atoms with Crippen molar-refractivity contribution in [1.29, 1.82) is 0 Å². The maximum absolute atomic E-state index is 12.5. The normalized spacial score (nSPS) is 17.1. The van der Waals surface area contributed by atoms with Gasteiger partial charge in [-0.05, 0) is 74.7 Å². The van der Waals surface area contributed by atoms with E-state index in [2.05, 4.69) is 42.3 Å². The minimum atomic E-state index is -0.306. The van der Waals surface area contributed by atoms with Gasteiger partial charge in [0.05, 0.1) is 6.54 Å². The molecule has 1 aliphatic heterocycles. The molecule has 0 aliphatic carbocycles. The number of amides is 2. The SMILES string of the molecule is Cc1ccc(C)c(Sc2ccc(NC(=O)CN3CCCCC3CC(N)=O)cc2)c1. The predicted molar refractivity (Wildman–Crippen MR) is 118 cm³/mol. The third-order valence-electron chi connectivity index (χ3n) is 5.24. The number of hydrogen-bond acceptors (Lipinski definition) is 4. The number of carbonyl (C=O) groups is 2. The molecule has 1 saturated heterocycles. The topological polar surface area (TPSA) is 75.4 Å². The molecule has 1 aliphatic rings. The standard InChI is InChI=1S/C23H29N3O2S/c1-16-6-7-17(2)21(13-16)29-20-10-8-18(9-11-20)25-23(28)15-26-12-4-3-5-19(26)14-22(24)27/h6-11,13,19H,3-5,12,14-15H2,1-2H3,(H2,24,27)(H,25,28). The first-order valence-corrected chi connectivity index (χ1v) is 10.9. The van der Waals surface area contributed by atoms with Gasteiger partial charge >= 0.3 is 0 Å². The average Bonchev–Trinajstić information content (AvgIpc) is 2.67. The molecule has 1 heterocycles. The lowest BCUT2D eigenvalue weighted by molar-refractivity contribution is -0.122. The lowest BCUT2D eigenvalue weighted by Gasteiger charge is -2.34. The van der Waals surface area contributed by atoms with Gasteiger partial charge in [-0.3, -0.25) is 14.5 Å². The molecule has 0 radical (unpaired) electrons. The summed E-state index contributed by atoms with van der Waals surface area (Å²) in [6.45, 7) is 5.33. The molecule has 0 saturated carbocycles. The smallest absolute Gasteiger partial charge is 0.238 e. The highest BCUT2D eigenvalue weighted by Gasteiger charge is 2.25. The van der Waals surface area contributed by atoms with Crippen LogP contribution in [0.4, 0.5) is 5.69 Å². The summed E-state index contributed by atoms with van der Waals surface area (Å²) in [5, 5.41) is 2.97. The van der Waals surface area contributed by atoms with Crippen molar-refractivity contribution in [3.05, 3.63) is 53.6 Å². The summed E-state index contributed by atoms with van der Waals surface area (Å²) >= 11 is 1.73. The Balaban J connectivity index is 1.56. The molecule has 154 valence electrons. The van der Waals surface area contributed by atoms with Gasteiger partial charge < -0.3 is 11.1 Å². The molecule has 29 heavy (non-hydrogen) atoms. The summed E-state index contributed by atoms with van der Waals surface area (Å²) in [7, 11) is 0. The molecule has 2 amide bonds. The zero-order valence-electron chi connectivity index (χ0n) is 17.1. The van der Waals surface area contributed by atoms with Crippen molar-refractivity contribution < 1.29 is 9.59 Å². The minimum Gasteiger partial charge on any atom is -0.370 e. The van der Waals surface area contributed by atoms with E-state index in [1.54, 1.807) is 11.8 Å². The number of carbonyl (C=O) groups excluding carboxylic acids is 2. The largest absolute Gasteiger partial charge is 0.370 e. The Morgan fingerprint density at radius 3 is 2.62 bits per heavy atom. The van der Waals surface area contributed by atoms with Gasteiger partial charge in [-0.25, -0.2) is 0 Å². The van der Waals surface area contributed by atoms with Gasteiger partial charge in [-0.1, -0.05) is 30.3 Å². The van der Waals surface area contributed by atoms with Crippen molar-refractivity contribution >= 4 is 29.3 Å². The number of rotatable bonds is 7. The maximum atomic E-state index is 12.5. The molecule has 1 unspecified atom stereocenters. The van der Waals surface area contributed by atoms with E-state index >= 15 is 0 Å². The molecule has 1 atom stereocenters. The number of anilines is 1. The van der Waals surface area contributed by atoms with Gasteiger partial charge in [-0.2, -0.15) is 0 Å². The van der Waals surface area contributed by atoms with Crippen molar-refractivity contribution in [3.63, 3.8) is 0 Å². The minimum absolute atomic E-state index is 0.0590. The first kappa shape index (κ1) is 21.4. The average molecular weight is 412 g/mol. The zero-order valence-corrected chi connectivity index (χ0v) is 17.9. The fourth-order valence-corrected chi connectivity index (χ4v) is 4.67. The van der Waals surface area contributed by atoms with E-state index in [0.717, 1.165) is 36.4 Å². The molecule has 2 aromatic carbocycles. The molecule has 0 aromatic heterocycles. The Bertz CT molecular complexity index is 867. The molecular weight excluding hydrogens is 382 g/mol. The predicted octanol–water partition coefficient (Wildman–Crippen LogP) is 4.12. The summed E-state index contributed by atoms with van der Waals surface area (Å²) in [6.07, 6.45) is 3.36. The van der Waals surface area contributed by atoms with Crippen molar-refractivity contribution in [3.8, 4) is 0 Å². The highest BCUT2D eigenvalue weighted by molar-refractivity contribution is 7.99. The molecule has 6 heteroatoms. The third-order valence-corrected chi connectivity index (χ3v) is 6.41. The van der Waals surface area contributed by atoms with Crippen LogP contribution >= 0.6 is 11.8 Å². The summed E-state index contributed by atoms with van der Waals surface area (Å²) in [4.78, 5) is 28.2. The number of aryl methyl sites for hydroxylation is 2. The van der Waals surface area contributed by atoms with Crippen molar-refractivity contribution in [2.45, 2.75) is 55.4 Å². The van der Waals surface area contributed by atoms with Crippen molar-refractivity contribution in [1.82, 2.24) is 4.90 Å². The number of nitrogens with zero attached hydrogens (tertiary/aromatic N) is 1. The van der Waals surface area contributed by atoms with E-state index in [4.69, 9.17) is 5.73 Å². The Morgan fingerprint density at radius 1 is 1.14 bits per heavy atom. The number of likely N-dealkylation sites (tertiary alicyclic amines) is 1. The van der Waals surface area contributed by atoms with Gasteiger partial charge in [0, 0.05) is 27.9 Å². The molecule has 5 nitrogen and oxygen atoms in total. The number of primary amides is 1. The van der Waals surface area contributed by atoms with E-state index < -0.39 is 0 Å². The second kappa shape index (κ2) is 9.94. The number of nitrogens with two attached hydrogens (primary N) is 1. The molecule has 1 fully saturated rings. The number of nitrogens with one attached hydrogen (secondary N) is 1. The first-order chi connectivity index (χ1) is 13.9. The van der Waals surface area contributed by atoms with Crippen LogP contribution in [0.2, 0.25) is 0 Å². The summed E-state index contributed by atoms with van der Waals surface area (Å²) in [6, 6.07) is 14.4. The molecule has 0 spiro atoms. The highest BCUT2D eigenvalue weighted by Crippen LogP contribution is 2.31. The van der Waals surface area contributed by atoms with Crippen LogP contribution in [0.1, 0.15) is 36.8 Å². The van der Waals surface area contributed by atoms with Crippen LogP contribution in [0.3, 0.4) is 0 Å². The highest BCUT2D eigenvalue weighted by atomic mass is 32.2. The molecule has 2 aromatic rings. The van der Waals surface area contributed by atoms with Crippen LogP contribution in [0.5, 0.6) is 0 Å². The van der Waals surface area contributed by atoms with E-state index in [0.29, 0.717) is 6.42 Å². The van der Waals surface area contributed by atoms with Gasteiger partial charge in [0.15, 0.2) is 0 Å². The molecule has 3 rings (SSSR count). The van der Waals surface area contributed by atoms with Crippen LogP contribution in [0.15, 0.2) is 52.3 Å². The maximum Gasteiger partial charge on any atom is 0.238 e. The van der Waals surface area contributed by atoms with Gasteiger partial charge in [0.1, 0.15) is 0 Å². The second-order valence-electron chi connectivity index (χ2n) is 7.73. The third kappa shape index (κ3) is 6.34. The Morgan fingerprint density at radius 2 is 1.90 bits per heavy atom. The summed E-state index contributed by atoms with van der Waals surface area (Å²) < 4.78 is 0. The van der Waals surface area contributed by atoms with E-state index in [1.165, 1.54) is 16.0 Å². The van der Waals surface area contributed by atoms with Crippen LogP contribution in [0, 0.1) is 13.8 Å². The zero-order chi connectivity index (χ0) is 20.8. The first-order valence-electron chi connectivity index (χ1n) is 10.1. The quantitative estimate of drug-likeness (QED) is 0.719. The van der Waals surface area contributed by atoms with Gasteiger partial charge in [0.25, 0.3) is 0 Å². The van der Waals surface area contributed by atoms with Gasteiger partial charge in [0.2, 0.25) is 11.8 Å². The Kier molecular flexibility index (Phi) is 7.34. The molecule has 0 bridgehead atoms. The van der Waals surface area contributed by atoms with Crippen LogP contribution in [-0.4, -0.2) is 35.8 Å². The fourth-order valence-electron chi connectivity index (χ4n) is 3.67. The van der Waals surface area contributed by atoms with Crippen molar-refractivity contribution in [2.24, 2.45) is 5.73 Å². The second-order valence-corrected chi connectivity index (χ2v) is 8.85. The van der Waals surface area contributed by atoms with Crippen molar-refractivity contribution in [2.75, 3.05) is 18.4 Å². The monoisotopic (exact) mass is 411 g/mol. The summed E-state index contributed by atoms with van der Waals surface area (Å²) in [5.74, 6) is -0.365. The fraction of sp³-hybridized carbons (Fsp3) is 0.391. The van der Waals surface area contributed by atoms with Crippen LogP contribution in [0.25, 0.3) is 0 Å². The molecule has 3 N–H and O–H groups in total. The van der Waals surface area contributed by atoms with E-state index in [-0.39, 0.29) is 24.4 Å². The van der Waals surface area contributed by atoms with E-state index in [1.807, 2.05) is 24.3 Å². The molecular formula is C23H29N3O2S. The van der Waals surface area contributed by atoms with Crippen LogP contribution < -0.4 is 11.1 Å². The van der Waals surface area contributed by atoms with Gasteiger partial charge in [-0.15, -0.1) is 0 Å². The Labute approximate surface area is 177 Å². The van der Waals surface area contributed by atoms with E-state index in [9.17, 15) is 9.59 Å². The lowest BCUT2D eigenvalue weighted by atomic mass is 9.99. The summed E-state index contributed by atoms with van der Waals surface area (Å²) in [5.41, 5.74) is 8.64.